The molecule has 2 N–H and O–H groups in total. The molecule has 2 atom stereocenters. The summed E-state index contributed by atoms with van der Waals surface area (Å²) in [6, 6.07) is 8.36. The number of urea groups is 1. The van der Waals surface area contributed by atoms with Crippen LogP contribution in [-0.4, -0.2) is 60.3 Å². The minimum absolute atomic E-state index is 0.00424. The summed E-state index contributed by atoms with van der Waals surface area (Å²) in [4.78, 5) is 17.0. The van der Waals surface area contributed by atoms with Gasteiger partial charge in [-0.3, -0.25) is 0 Å². The number of fused-ring (bicyclic) bond motifs is 1. The van der Waals surface area contributed by atoms with Crippen molar-refractivity contribution in [2.45, 2.75) is 38.6 Å². The quantitative estimate of drug-likeness (QED) is 0.832. The molecule has 0 spiro atoms. The number of rotatable bonds is 6. The number of aliphatic hydroxyl groups is 1. The Morgan fingerprint density at radius 1 is 1.36 bits per heavy atom. The van der Waals surface area contributed by atoms with Crippen LogP contribution in [0.5, 0.6) is 0 Å². The molecule has 1 aromatic rings. The van der Waals surface area contributed by atoms with Crippen LogP contribution in [0, 0.1) is 5.92 Å². The van der Waals surface area contributed by atoms with Crippen molar-refractivity contribution in [1.29, 1.82) is 0 Å². The van der Waals surface area contributed by atoms with E-state index < -0.39 is 0 Å². The minimum atomic E-state index is -0.0548. The number of carbonyl (C=O) groups excluding carboxylic acids is 1. The third-order valence-corrected chi connectivity index (χ3v) is 5.52. The predicted octanol–water partition coefficient (Wildman–Crippen LogP) is 2.41. The zero-order valence-electron chi connectivity index (χ0n) is 15.3. The predicted molar refractivity (Wildman–Crippen MR) is 99.5 cm³/mol. The van der Waals surface area contributed by atoms with Gasteiger partial charge in [-0.1, -0.05) is 31.2 Å². The Labute approximate surface area is 151 Å². The third kappa shape index (κ3) is 4.53. The Bertz CT molecular complexity index is 578. The van der Waals surface area contributed by atoms with Crippen molar-refractivity contribution in [3.8, 4) is 0 Å². The topological polar surface area (TPSA) is 55.8 Å². The summed E-state index contributed by atoms with van der Waals surface area (Å²) in [7, 11) is 0. The Morgan fingerprint density at radius 2 is 2.20 bits per heavy atom. The maximum atomic E-state index is 12.7. The fourth-order valence-electron chi connectivity index (χ4n) is 4.28. The fraction of sp³-hybridized carbons (Fsp3) is 0.650. The molecule has 0 bridgehead atoms. The first-order valence-corrected chi connectivity index (χ1v) is 9.64. The number of amides is 2. The van der Waals surface area contributed by atoms with Gasteiger partial charge in [0.25, 0.3) is 0 Å². The minimum Gasteiger partial charge on any atom is -0.395 e. The molecule has 5 heteroatoms. The molecule has 1 aliphatic carbocycles. The highest BCUT2D eigenvalue weighted by molar-refractivity contribution is 5.75. The van der Waals surface area contributed by atoms with E-state index in [0.29, 0.717) is 13.1 Å². The number of nitrogens with zero attached hydrogens (tertiary/aromatic N) is 2. The molecular formula is C20H31N3O2. The van der Waals surface area contributed by atoms with E-state index in [9.17, 15) is 9.90 Å². The molecule has 138 valence electrons. The molecule has 1 fully saturated rings. The number of hydrogen-bond acceptors (Lipinski definition) is 3. The van der Waals surface area contributed by atoms with Crippen LogP contribution in [0.15, 0.2) is 24.3 Å². The van der Waals surface area contributed by atoms with Crippen LogP contribution in [0.2, 0.25) is 0 Å². The average molecular weight is 345 g/mol. The van der Waals surface area contributed by atoms with Crippen molar-refractivity contribution < 1.29 is 9.90 Å². The van der Waals surface area contributed by atoms with Gasteiger partial charge < -0.3 is 20.2 Å². The zero-order chi connectivity index (χ0) is 17.6. The van der Waals surface area contributed by atoms with Crippen LogP contribution in [0.4, 0.5) is 4.79 Å². The molecule has 1 saturated heterocycles. The number of likely N-dealkylation sites (tertiary alicyclic amines) is 1. The molecule has 2 aliphatic rings. The Balaban J connectivity index is 1.55. The maximum Gasteiger partial charge on any atom is 0.318 e. The first-order valence-electron chi connectivity index (χ1n) is 9.64. The van der Waals surface area contributed by atoms with Crippen molar-refractivity contribution in [2.24, 2.45) is 5.92 Å². The van der Waals surface area contributed by atoms with Crippen LogP contribution in [0.25, 0.3) is 0 Å². The summed E-state index contributed by atoms with van der Waals surface area (Å²) in [5.74, 6) is 0.755. The largest absolute Gasteiger partial charge is 0.395 e. The number of nitrogens with one attached hydrogen (secondary N) is 1. The standard InChI is InChI=1S/C20H31N3O2/c1-16-5-4-11-22(15-16)12-10-21-20(25)23(13-14-24)19-9-8-17-6-2-3-7-18(17)19/h2-3,6-7,16,19,24H,4-5,8-15H2,1H3,(H,21,25). The van der Waals surface area contributed by atoms with Crippen LogP contribution >= 0.6 is 0 Å². The SMILES string of the molecule is CC1CCCN(CCNC(=O)N(CCO)C2CCc3ccccc32)C1. The third-order valence-electron chi connectivity index (χ3n) is 5.52. The van der Waals surface area contributed by atoms with Gasteiger partial charge in [0.1, 0.15) is 0 Å². The normalized spacial score (nSPS) is 23.3. The Morgan fingerprint density at radius 3 is 3.00 bits per heavy atom. The molecular weight excluding hydrogens is 314 g/mol. The summed E-state index contributed by atoms with van der Waals surface area (Å²) < 4.78 is 0. The number of piperidine rings is 1. The molecule has 0 radical (unpaired) electrons. The zero-order valence-corrected chi connectivity index (χ0v) is 15.3. The molecule has 2 amide bonds. The van der Waals surface area contributed by atoms with Gasteiger partial charge in [0, 0.05) is 26.2 Å². The van der Waals surface area contributed by atoms with E-state index in [-0.39, 0.29) is 18.7 Å². The second kappa shape index (κ2) is 8.68. The highest BCUT2D eigenvalue weighted by Gasteiger charge is 2.30. The van der Waals surface area contributed by atoms with Gasteiger partial charge >= 0.3 is 6.03 Å². The lowest BCUT2D eigenvalue weighted by atomic mass is 10.0. The Kier molecular flexibility index (Phi) is 6.32. The molecule has 0 saturated carbocycles. The van der Waals surface area contributed by atoms with E-state index in [4.69, 9.17) is 0 Å². The van der Waals surface area contributed by atoms with Crippen LogP contribution < -0.4 is 5.32 Å². The van der Waals surface area contributed by atoms with Gasteiger partial charge in [0.2, 0.25) is 0 Å². The van der Waals surface area contributed by atoms with Crippen LogP contribution in [0.3, 0.4) is 0 Å². The van der Waals surface area contributed by atoms with E-state index in [0.717, 1.165) is 38.4 Å². The Hall–Kier alpha value is -1.59. The van der Waals surface area contributed by atoms with Gasteiger partial charge in [-0.05, 0) is 49.3 Å². The summed E-state index contributed by atoms with van der Waals surface area (Å²) in [6.07, 6.45) is 4.51. The smallest absolute Gasteiger partial charge is 0.318 e. The summed E-state index contributed by atoms with van der Waals surface area (Å²) in [5.41, 5.74) is 2.56. The second-order valence-electron chi connectivity index (χ2n) is 7.45. The highest BCUT2D eigenvalue weighted by atomic mass is 16.3. The van der Waals surface area contributed by atoms with Crippen LogP contribution in [-0.2, 0) is 6.42 Å². The second-order valence-corrected chi connectivity index (χ2v) is 7.45. The van der Waals surface area contributed by atoms with Crippen molar-refractivity contribution in [2.75, 3.05) is 39.3 Å². The van der Waals surface area contributed by atoms with Gasteiger partial charge in [0.15, 0.2) is 0 Å². The first-order chi connectivity index (χ1) is 12.2. The van der Waals surface area contributed by atoms with Gasteiger partial charge in [-0.25, -0.2) is 4.79 Å². The lowest BCUT2D eigenvalue weighted by Gasteiger charge is -2.32. The number of hydrogen-bond donors (Lipinski definition) is 2. The van der Waals surface area contributed by atoms with Crippen molar-refractivity contribution >= 4 is 6.03 Å². The monoisotopic (exact) mass is 345 g/mol. The molecule has 0 aromatic heterocycles. The molecule has 5 nitrogen and oxygen atoms in total. The van der Waals surface area contributed by atoms with Crippen molar-refractivity contribution in [3.63, 3.8) is 0 Å². The van der Waals surface area contributed by atoms with E-state index in [1.165, 1.54) is 24.0 Å². The molecule has 3 rings (SSSR count). The number of aliphatic hydroxyl groups excluding tert-OH is 1. The summed E-state index contributed by atoms with van der Waals surface area (Å²) in [6.45, 7) is 6.52. The summed E-state index contributed by atoms with van der Waals surface area (Å²) in [5, 5.41) is 12.5. The maximum absolute atomic E-state index is 12.7. The van der Waals surface area contributed by atoms with Gasteiger partial charge in [-0.15, -0.1) is 0 Å². The summed E-state index contributed by atoms with van der Waals surface area (Å²) >= 11 is 0. The number of carbonyl (C=O) groups is 1. The van der Waals surface area contributed by atoms with E-state index in [1.807, 2.05) is 11.0 Å². The molecule has 25 heavy (non-hydrogen) atoms. The molecule has 1 aromatic carbocycles. The molecule has 1 aliphatic heterocycles. The van der Waals surface area contributed by atoms with E-state index in [2.05, 4.69) is 35.3 Å². The lowest BCUT2D eigenvalue weighted by Crippen LogP contribution is -2.46. The average Bonchev–Trinajstić information content (AvgIpc) is 3.03. The van der Waals surface area contributed by atoms with E-state index in [1.54, 1.807) is 0 Å². The first kappa shape index (κ1) is 18.2. The van der Waals surface area contributed by atoms with Gasteiger partial charge in [-0.2, -0.15) is 0 Å². The van der Waals surface area contributed by atoms with Crippen molar-refractivity contribution in [1.82, 2.24) is 15.1 Å². The van der Waals surface area contributed by atoms with E-state index >= 15 is 0 Å². The number of aryl methyl sites for hydroxylation is 1. The molecule has 1 heterocycles. The van der Waals surface area contributed by atoms with Gasteiger partial charge in [0.05, 0.1) is 12.6 Å². The highest BCUT2D eigenvalue weighted by Crippen LogP contribution is 2.35. The fourth-order valence-corrected chi connectivity index (χ4v) is 4.28. The molecule has 2 unspecified atom stereocenters. The number of benzene rings is 1. The van der Waals surface area contributed by atoms with Crippen molar-refractivity contribution in [3.05, 3.63) is 35.4 Å². The van der Waals surface area contributed by atoms with Crippen LogP contribution in [0.1, 0.15) is 43.4 Å². The lowest BCUT2D eigenvalue weighted by molar-refractivity contribution is 0.147.